The van der Waals surface area contributed by atoms with E-state index in [-0.39, 0.29) is 5.91 Å². The number of halogens is 1. The summed E-state index contributed by atoms with van der Waals surface area (Å²) in [5.41, 5.74) is 5.84. The van der Waals surface area contributed by atoms with Gasteiger partial charge in [0, 0.05) is 26.9 Å². The minimum absolute atomic E-state index is 0.123. The molecule has 4 nitrogen and oxygen atoms in total. The number of amides is 1. The van der Waals surface area contributed by atoms with Crippen LogP contribution in [-0.4, -0.2) is 15.7 Å². The lowest BCUT2D eigenvalue weighted by molar-refractivity contribution is 0.102. The fraction of sp³-hybridized carbons (Fsp3) is 0.154. The van der Waals surface area contributed by atoms with Gasteiger partial charge in [0.05, 0.1) is 17.9 Å². The van der Waals surface area contributed by atoms with E-state index in [1.54, 1.807) is 11.8 Å². The van der Waals surface area contributed by atoms with Crippen molar-refractivity contribution in [1.82, 2.24) is 9.78 Å². The Bertz CT molecular complexity index is 1220. The molecule has 0 radical (unpaired) electrons. The highest BCUT2D eigenvalue weighted by Crippen LogP contribution is 2.30. The Kier molecular flexibility index (Phi) is 6.98. The van der Waals surface area contributed by atoms with E-state index in [0.717, 1.165) is 38.3 Å². The second-order valence-electron chi connectivity index (χ2n) is 7.65. The summed E-state index contributed by atoms with van der Waals surface area (Å²) in [7, 11) is 0. The molecule has 6 heteroatoms. The van der Waals surface area contributed by atoms with Crippen LogP contribution in [0, 0.1) is 13.8 Å². The van der Waals surface area contributed by atoms with Crippen molar-refractivity contribution in [2.45, 2.75) is 31.0 Å². The van der Waals surface area contributed by atoms with E-state index in [0.29, 0.717) is 12.1 Å². The zero-order chi connectivity index (χ0) is 22.5. The molecule has 0 unspecified atom stereocenters. The summed E-state index contributed by atoms with van der Waals surface area (Å²) in [6.45, 7) is 4.72. The van der Waals surface area contributed by atoms with Crippen LogP contribution in [0.4, 0.5) is 5.69 Å². The van der Waals surface area contributed by atoms with Crippen molar-refractivity contribution in [3.8, 4) is 0 Å². The van der Waals surface area contributed by atoms with E-state index in [1.807, 2.05) is 91.3 Å². The highest BCUT2D eigenvalue weighted by molar-refractivity contribution is 7.98. The van der Waals surface area contributed by atoms with Crippen LogP contribution < -0.4 is 5.32 Å². The second kappa shape index (κ2) is 10.1. The summed E-state index contributed by atoms with van der Waals surface area (Å²) in [4.78, 5) is 13.9. The first-order chi connectivity index (χ1) is 15.5. The molecule has 0 atom stereocenters. The maximum absolute atomic E-state index is 12.9. The first-order valence-corrected chi connectivity index (χ1v) is 11.7. The summed E-state index contributed by atoms with van der Waals surface area (Å²) in [5.74, 6) is 0.674. The van der Waals surface area contributed by atoms with Crippen molar-refractivity contribution in [1.29, 1.82) is 0 Å². The van der Waals surface area contributed by atoms with Gasteiger partial charge in [0.1, 0.15) is 0 Å². The topological polar surface area (TPSA) is 46.9 Å². The number of aryl methyl sites for hydroxylation is 2. The first kappa shape index (κ1) is 22.2. The van der Waals surface area contributed by atoms with Gasteiger partial charge in [-0.05, 0) is 67.4 Å². The molecule has 0 spiro atoms. The lowest BCUT2D eigenvalue weighted by Crippen LogP contribution is -2.13. The van der Waals surface area contributed by atoms with Gasteiger partial charge in [-0.2, -0.15) is 5.10 Å². The molecule has 0 aliphatic rings. The van der Waals surface area contributed by atoms with Gasteiger partial charge in [-0.15, -0.1) is 11.8 Å². The molecule has 1 amide bonds. The number of carbonyl (C=O) groups excluding carboxylic acids is 1. The third kappa shape index (κ3) is 5.61. The maximum atomic E-state index is 12.9. The van der Waals surface area contributed by atoms with E-state index >= 15 is 0 Å². The zero-order valence-corrected chi connectivity index (χ0v) is 19.6. The second-order valence-corrected chi connectivity index (χ2v) is 9.10. The molecule has 32 heavy (non-hydrogen) atoms. The monoisotopic (exact) mass is 461 g/mol. The number of para-hydroxylation sites is 1. The van der Waals surface area contributed by atoms with Crippen molar-refractivity contribution in [3.63, 3.8) is 0 Å². The van der Waals surface area contributed by atoms with Crippen LogP contribution in [0.5, 0.6) is 0 Å². The van der Waals surface area contributed by atoms with E-state index in [9.17, 15) is 4.79 Å². The number of nitrogens with one attached hydrogen (secondary N) is 1. The maximum Gasteiger partial charge on any atom is 0.255 e. The van der Waals surface area contributed by atoms with Crippen LogP contribution in [0.2, 0.25) is 5.02 Å². The third-order valence-electron chi connectivity index (χ3n) is 5.09. The Morgan fingerprint density at radius 1 is 0.969 bits per heavy atom. The van der Waals surface area contributed by atoms with Crippen LogP contribution in [0.15, 0.2) is 83.8 Å². The van der Waals surface area contributed by atoms with Crippen LogP contribution >= 0.6 is 23.4 Å². The fourth-order valence-corrected chi connectivity index (χ4v) is 4.49. The Balaban J connectivity index is 1.41. The number of hydrogen-bond donors (Lipinski definition) is 1. The number of hydrogen-bond acceptors (Lipinski definition) is 3. The lowest BCUT2D eigenvalue weighted by Gasteiger charge is -2.11. The summed E-state index contributed by atoms with van der Waals surface area (Å²) >= 11 is 7.65. The lowest BCUT2D eigenvalue weighted by atomic mass is 10.1. The van der Waals surface area contributed by atoms with Gasteiger partial charge in [-0.25, -0.2) is 0 Å². The van der Waals surface area contributed by atoms with Crippen LogP contribution in [-0.2, 0) is 12.3 Å². The number of anilines is 1. The van der Waals surface area contributed by atoms with E-state index in [1.165, 1.54) is 5.56 Å². The van der Waals surface area contributed by atoms with E-state index in [2.05, 4.69) is 16.5 Å². The SMILES string of the molecule is Cc1cc(C)n(Cc2ccc(C(=O)Nc3ccccc3SCc3ccc(Cl)cc3)cc2)n1. The summed E-state index contributed by atoms with van der Waals surface area (Å²) in [6.07, 6.45) is 0. The summed E-state index contributed by atoms with van der Waals surface area (Å²) in [6, 6.07) is 25.4. The minimum atomic E-state index is -0.123. The summed E-state index contributed by atoms with van der Waals surface area (Å²) < 4.78 is 1.97. The zero-order valence-electron chi connectivity index (χ0n) is 18.0. The number of thioether (sulfide) groups is 1. The molecule has 0 saturated carbocycles. The molecule has 0 saturated heterocycles. The Morgan fingerprint density at radius 3 is 2.34 bits per heavy atom. The Morgan fingerprint density at radius 2 is 1.66 bits per heavy atom. The van der Waals surface area contributed by atoms with Crippen molar-refractivity contribution in [2.75, 3.05) is 5.32 Å². The normalized spacial score (nSPS) is 10.8. The Hall–Kier alpha value is -3.02. The van der Waals surface area contributed by atoms with Gasteiger partial charge in [0.25, 0.3) is 5.91 Å². The molecule has 1 aromatic heterocycles. The number of rotatable bonds is 7. The minimum Gasteiger partial charge on any atom is -0.321 e. The molecule has 0 bridgehead atoms. The number of nitrogens with zero attached hydrogens (tertiary/aromatic N) is 2. The van der Waals surface area contributed by atoms with Gasteiger partial charge < -0.3 is 5.32 Å². The predicted octanol–water partition coefficient (Wildman–Crippen LogP) is 6.75. The first-order valence-electron chi connectivity index (χ1n) is 10.4. The van der Waals surface area contributed by atoms with Crippen molar-refractivity contribution in [2.24, 2.45) is 0 Å². The predicted molar refractivity (Wildman–Crippen MR) is 133 cm³/mol. The van der Waals surface area contributed by atoms with Crippen molar-refractivity contribution >= 4 is 35.0 Å². The van der Waals surface area contributed by atoms with Crippen LogP contribution in [0.25, 0.3) is 0 Å². The highest BCUT2D eigenvalue weighted by Gasteiger charge is 2.10. The quantitative estimate of drug-likeness (QED) is 0.310. The molecule has 0 aliphatic carbocycles. The largest absolute Gasteiger partial charge is 0.321 e. The van der Waals surface area contributed by atoms with Gasteiger partial charge in [0.15, 0.2) is 0 Å². The average Bonchev–Trinajstić information content (AvgIpc) is 3.11. The molecular formula is C26H24ClN3OS. The molecule has 4 aromatic rings. The van der Waals surface area contributed by atoms with Crippen molar-refractivity contribution < 1.29 is 4.79 Å². The average molecular weight is 462 g/mol. The van der Waals surface area contributed by atoms with Gasteiger partial charge in [-0.3, -0.25) is 9.48 Å². The fourth-order valence-electron chi connectivity index (χ4n) is 3.40. The smallest absolute Gasteiger partial charge is 0.255 e. The van der Waals surface area contributed by atoms with Gasteiger partial charge >= 0.3 is 0 Å². The molecule has 0 aliphatic heterocycles. The van der Waals surface area contributed by atoms with Gasteiger partial charge in [-0.1, -0.05) is 48.0 Å². The van der Waals surface area contributed by atoms with Crippen LogP contribution in [0.1, 0.15) is 32.9 Å². The summed E-state index contributed by atoms with van der Waals surface area (Å²) in [5, 5.41) is 8.29. The molecule has 4 rings (SSSR count). The van der Waals surface area contributed by atoms with E-state index in [4.69, 9.17) is 11.6 Å². The molecular weight excluding hydrogens is 438 g/mol. The number of carbonyl (C=O) groups is 1. The van der Waals surface area contributed by atoms with Crippen molar-refractivity contribution in [3.05, 3.63) is 112 Å². The Labute approximate surface area is 197 Å². The third-order valence-corrected chi connectivity index (χ3v) is 6.49. The van der Waals surface area contributed by atoms with Gasteiger partial charge in [0.2, 0.25) is 0 Å². The molecule has 1 N–H and O–H groups in total. The number of benzene rings is 3. The molecule has 3 aromatic carbocycles. The van der Waals surface area contributed by atoms with Crippen LogP contribution in [0.3, 0.4) is 0 Å². The molecule has 0 fully saturated rings. The standard InChI is InChI=1S/C26H24ClN3OS/c1-18-15-19(2)30(29-18)16-20-7-11-22(12-8-20)26(31)28-24-5-3-4-6-25(24)32-17-21-9-13-23(27)14-10-21/h3-15H,16-17H2,1-2H3,(H,28,31). The molecule has 1 heterocycles. The van der Waals surface area contributed by atoms with E-state index < -0.39 is 0 Å². The molecule has 162 valence electrons. The number of aromatic nitrogens is 2. The highest BCUT2D eigenvalue weighted by atomic mass is 35.5.